The van der Waals surface area contributed by atoms with Crippen LogP contribution in [0.15, 0.2) is 54.6 Å². The maximum atomic E-state index is 12.1. The monoisotopic (exact) mass is 369 g/mol. The van der Waals surface area contributed by atoms with Crippen molar-refractivity contribution in [2.75, 3.05) is 7.05 Å². The molecule has 2 aromatic rings. The summed E-state index contributed by atoms with van der Waals surface area (Å²) < 4.78 is 11.1. The van der Waals surface area contributed by atoms with Gasteiger partial charge in [0.25, 0.3) is 0 Å². The summed E-state index contributed by atoms with van der Waals surface area (Å²) in [6, 6.07) is 16.9. The normalized spacial score (nSPS) is 12.1. The molecule has 0 N–H and O–H groups in total. The van der Waals surface area contributed by atoms with Crippen molar-refractivity contribution in [3.63, 3.8) is 0 Å². The molecule has 0 saturated heterocycles. The Kier molecular flexibility index (Phi) is 6.99. The summed E-state index contributed by atoms with van der Waals surface area (Å²) >= 11 is 0. The van der Waals surface area contributed by atoms with E-state index in [0.29, 0.717) is 13.0 Å². The minimum absolute atomic E-state index is 0.415. The standard InChI is InChI=1S/C22H27NO4/c1-22(2,3)27-21(25)23(4)19(15-24)14-17-10-12-20(13-11-17)26-16-18-8-6-5-7-9-18/h5-13,15,19H,14,16H2,1-4H3/t19-/m1/s1. The van der Waals surface area contributed by atoms with Crippen molar-refractivity contribution < 1.29 is 19.1 Å². The van der Waals surface area contributed by atoms with E-state index in [1.807, 2.05) is 54.6 Å². The smallest absolute Gasteiger partial charge is 0.410 e. The maximum Gasteiger partial charge on any atom is 0.410 e. The van der Waals surface area contributed by atoms with Crippen LogP contribution >= 0.6 is 0 Å². The number of amides is 1. The molecule has 0 aliphatic carbocycles. The number of ether oxygens (including phenoxy) is 2. The molecule has 0 radical (unpaired) electrons. The van der Waals surface area contributed by atoms with E-state index in [-0.39, 0.29) is 0 Å². The molecule has 0 aliphatic rings. The fourth-order valence-corrected chi connectivity index (χ4v) is 2.45. The minimum atomic E-state index is -0.601. The molecular weight excluding hydrogens is 342 g/mol. The number of hydrogen-bond donors (Lipinski definition) is 0. The van der Waals surface area contributed by atoms with Crippen LogP contribution in [0.2, 0.25) is 0 Å². The number of carbonyl (C=O) groups excluding carboxylic acids is 2. The third kappa shape index (κ3) is 6.77. The average molecular weight is 369 g/mol. The SMILES string of the molecule is CN(C(=O)OC(C)(C)C)[C@@H](C=O)Cc1ccc(OCc2ccccc2)cc1. The first-order valence-electron chi connectivity index (χ1n) is 8.95. The van der Waals surface area contributed by atoms with Crippen LogP contribution in [0.1, 0.15) is 31.9 Å². The minimum Gasteiger partial charge on any atom is -0.489 e. The molecule has 2 aromatic carbocycles. The van der Waals surface area contributed by atoms with E-state index >= 15 is 0 Å². The lowest BCUT2D eigenvalue weighted by Crippen LogP contribution is -2.42. The van der Waals surface area contributed by atoms with E-state index in [2.05, 4.69) is 0 Å². The molecular formula is C22H27NO4. The van der Waals surface area contributed by atoms with Gasteiger partial charge in [-0.2, -0.15) is 0 Å². The van der Waals surface area contributed by atoms with Crippen LogP contribution in [0.3, 0.4) is 0 Å². The van der Waals surface area contributed by atoms with Crippen molar-refractivity contribution in [3.05, 3.63) is 65.7 Å². The van der Waals surface area contributed by atoms with Crippen LogP contribution < -0.4 is 4.74 Å². The summed E-state index contributed by atoms with van der Waals surface area (Å²) in [4.78, 5) is 25.0. The second kappa shape index (κ2) is 9.21. The highest BCUT2D eigenvalue weighted by atomic mass is 16.6. The predicted octanol–water partition coefficient (Wildman–Crippen LogP) is 4.24. The second-order valence-electron chi connectivity index (χ2n) is 7.42. The van der Waals surface area contributed by atoms with Crippen molar-refractivity contribution in [3.8, 4) is 5.75 Å². The predicted molar refractivity (Wildman–Crippen MR) is 105 cm³/mol. The molecule has 144 valence electrons. The van der Waals surface area contributed by atoms with E-state index < -0.39 is 17.7 Å². The zero-order chi connectivity index (χ0) is 19.9. The Morgan fingerprint density at radius 3 is 2.22 bits per heavy atom. The van der Waals surface area contributed by atoms with Crippen molar-refractivity contribution in [1.82, 2.24) is 4.90 Å². The zero-order valence-corrected chi connectivity index (χ0v) is 16.3. The molecule has 0 bridgehead atoms. The summed E-state index contributed by atoms with van der Waals surface area (Å²) in [5, 5.41) is 0. The molecule has 0 aliphatic heterocycles. The molecule has 27 heavy (non-hydrogen) atoms. The fourth-order valence-electron chi connectivity index (χ4n) is 2.45. The number of nitrogens with zero attached hydrogens (tertiary/aromatic N) is 1. The van der Waals surface area contributed by atoms with Gasteiger partial charge in [-0.3, -0.25) is 0 Å². The Morgan fingerprint density at radius 1 is 1.04 bits per heavy atom. The Bertz CT molecular complexity index is 735. The lowest BCUT2D eigenvalue weighted by molar-refractivity contribution is -0.112. The Labute approximate surface area is 160 Å². The molecule has 0 spiro atoms. The Hall–Kier alpha value is -2.82. The van der Waals surface area contributed by atoms with Crippen LogP contribution in [-0.2, 0) is 22.6 Å². The number of benzene rings is 2. The highest BCUT2D eigenvalue weighted by molar-refractivity contribution is 5.73. The largest absolute Gasteiger partial charge is 0.489 e. The van der Waals surface area contributed by atoms with E-state index in [1.54, 1.807) is 27.8 Å². The van der Waals surface area contributed by atoms with Gasteiger partial charge in [-0.25, -0.2) is 4.79 Å². The summed E-state index contributed by atoms with van der Waals surface area (Å²) in [7, 11) is 1.57. The summed E-state index contributed by atoms with van der Waals surface area (Å²) in [6.45, 7) is 5.88. The highest BCUT2D eigenvalue weighted by Crippen LogP contribution is 2.17. The molecule has 0 aromatic heterocycles. The Balaban J connectivity index is 1.93. The number of hydrogen-bond acceptors (Lipinski definition) is 4. The van der Waals surface area contributed by atoms with Gasteiger partial charge in [0.05, 0.1) is 6.04 Å². The van der Waals surface area contributed by atoms with E-state index in [1.165, 1.54) is 4.90 Å². The third-order valence-electron chi connectivity index (χ3n) is 3.95. The lowest BCUT2D eigenvalue weighted by atomic mass is 10.1. The number of carbonyl (C=O) groups is 2. The first-order chi connectivity index (χ1) is 12.8. The molecule has 1 atom stereocenters. The van der Waals surface area contributed by atoms with Gasteiger partial charge in [0.1, 0.15) is 24.2 Å². The van der Waals surface area contributed by atoms with Gasteiger partial charge in [0.2, 0.25) is 0 Å². The van der Waals surface area contributed by atoms with Gasteiger partial charge in [-0.1, -0.05) is 42.5 Å². The first-order valence-corrected chi connectivity index (χ1v) is 8.95. The summed E-state index contributed by atoms with van der Waals surface area (Å²) in [5.74, 6) is 0.755. The molecule has 0 heterocycles. The van der Waals surface area contributed by atoms with Gasteiger partial charge < -0.3 is 19.2 Å². The van der Waals surface area contributed by atoms with E-state index in [0.717, 1.165) is 23.2 Å². The van der Waals surface area contributed by atoms with E-state index in [4.69, 9.17) is 9.47 Å². The van der Waals surface area contributed by atoms with Gasteiger partial charge >= 0.3 is 6.09 Å². The van der Waals surface area contributed by atoms with Gasteiger partial charge in [0, 0.05) is 7.05 Å². The van der Waals surface area contributed by atoms with Crippen LogP contribution in [0.25, 0.3) is 0 Å². The van der Waals surface area contributed by atoms with Gasteiger partial charge in [0.15, 0.2) is 0 Å². The molecule has 0 saturated carbocycles. The van der Waals surface area contributed by atoms with E-state index in [9.17, 15) is 9.59 Å². The van der Waals surface area contributed by atoms with Crippen molar-refractivity contribution in [2.45, 2.75) is 45.4 Å². The molecule has 0 fully saturated rings. The number of rotatable bonds is 7. The molecule has 1 amide bonds. The van der Waals surface area contributed by atoms with Crippen molar-refractivity contribution in [2.24, 2.45) is 0 Å². The second-order valence-corrected chi connectivity index (χ2v) is 7.42. The topological polar surface area (TPSA) is 55.8 Å². The lowest BCUT2D eigenvalue weighted by Gasteiger charge is -2.28. The molecule has 2 rings (SSSR count). The number of likely N-dealkylation sites (N-methyl/N-ethyl adjacent to an activating group) is 1. The Morgan fingerprint density at radius 2 is 1.67 bits per heavy atom. The fraction of sp³-hybridized carbons (Fsp3) is 0.364. The summed E-state index contributed by atoms with van der Waals surface area (Å²) in [6.07, 6.45) is 0.671. The molecule has 5 heteroatoms. The average Bonchev–Trinajstić information content (AvgIpc) is 2.64. The number of aldehydes is 1. The van der Waals surface area contributed by atoms with Crippen LogP contribution in [0.4, 0.5) is 4.79 Å². The van der Waals surface area contributed by atoms with Crippen LogP contribution in [-0.4, -0.2) is 36.0 Å². The first kappa shape index (κ1) is 20.5. The van der Waals surface area contributed by atoms with Gasteiger partial charge in [-0.05, 0) is 50.5 Å². The quantitative estimate of drug-likeness (QED) is 0.685. The molecule has 5 nitrogen and oxygen atoms in total. The summed E-state index contributed by atoms with van der Waals surface area (Å²) in [5.41, 5.74) is 1.44. The highest BCUT2D eigenvalue weighted by Gasteiger charge is 2.25. The van der Waals surface area contributed by atoms with Crippen molar-refractivity contribution in [1.29, 1.82) is 0 Å². The van der Waals surface area contributed by atoms with Gasteiger partial charge in [-0.15, -0.1) is 0 Å². The molecule has 0 unspecified atom stereocenters. The van der Waals surface area contributed by atoms with Crippen LogP contribution in [0, 0.1) is 0 Å². The van der Waals surface area contributed by atoms with Crippen LogP contribution in [0.5, 0.6) is 5.75 Å². The third-order valence-corrected chi connectivity index (χ3v) is 3.95. The maximum absolute atomic E-state index is 12.1. The van der Waals surface area contributed by atoms with Crippen molar-refractivity contribution >= 4 is 12.4 Å². The zero-order valence-electron chi connectivity index (χ0n) is 16.3.